The van der Waals surface area contributed by atoms with Gasteiger partial charge in [-0.2, -0.15) is 26.3 Å². The minimum atomic E-state index is -6.16. The van der Waals surface area contributed by atoms with Crippen molar-refractivity contribution in [3.63, 3.8) is 0 Å². The fourth-order valence-electron chi connectivity index (χ4n) is 5.47. The fraction of sp³-hybridized carbons (Fsp3) is 0.636. The normalized spacial score (nSPS) is 23.7. The number of alkyl halides is 7. The van der Waals surface area contributed by atoms with Gasteiger partial charge in [-0.3, -0.25) is 9.69 Å². The van der Waals surface area contributed by atoms with Gasteiger partial charge in [0.15, 0.2) is 0 Å². The Morgan fingerprint density at radius 2 is 1.54 bits per heavy atom. The standard InChI is InChI=1S/C22H24F7N3O3/c23-20(21(24,25)26,22(27,28)29)14-2-3-15-13(11-14)1-4-17-16(15)5-6-32(17)19(35)31-9-7-30(8-10-31)12-18(33)34/h2-3,11,16-17H,1,4-10,12H2,(H,33,34). The number of hydrogen-bond donors (Lipinski definition) is 1. The molecule has 2 saturated heterocycles. The highest BCUT2D eigenvalue weighted by Crippen LogP contribution is 2.54. The molecule has 0 saturated carbocycles. The first-order valence-corrected chi connectivity index (χ1v) is 11.2. The van der Waals surface area contributed by atoms with E-state index in [1.165, 1.54) is 0 Å². The van der Waals surface area contributed by atoms with Gasteiger partial charge in [-0.15, -0.1) is 0 Å². The number of carboxylic acid groups (broad SMARTS) is 1. The predicted octanol–water partition coefficient (Wildman–Crippen LogP) is 3.90. The maximum atomic E-state index is 14.5. The molecule has 2 amide bonds. The summed E-state index contributed by atoms with van der Waals surface area (Å²) in [4.78, 5) is 29.0. The van der Waals surface area contributed by atoms with E-state index in [2.05, 4.69) is 0 Å². The zero-order valence-corrected chi connectivity index (χ0v) is 18.5. The molecule has 2 atom stereocenters. The summed E-state index contributed by atoms with van der Waals surface area (Å²) < 4.78 is 93.5. The van der Waals surface area contributed by atoms with E-state index in [4.69, 9.17) is 5.11 Å². The topological polar surface area (TPSA) is 64.1 Å². The number of piperazine rings is 1. The molecule has 3 aliphatic rings. The molecule has 2 aliphatic heterocycles. The summed E-state index contributed by atoms with van der Waals surface area (Å²) in [5.41, 5.74) is -6.18. The van der Waals surface area contributed by atoms with Gasteiger partial charge in [0, 0.05) is 50.2 Å². The number of hydrogen-bond acceptors (Lipinski definition) is 3. The van der Waals surface area contributed by atoms with Crippen molar-refractivity contribution in [2.45, 2.75) is 49.2 Å². The molecule has 0 bridgehead atoms. The van der Waals surface area contributed by atoms with Gasteiger partial charge in [0.25, 0.3) is 0 Å². The molecule has 1 aliphatic carbocycles. The zero-order chi connectivity index (χ0) is 25.8. The summed E-state index contributed by atoms with van der Waals surface area (Å²) >= 11 is 0. The Balaban J connectivity index is 1.50. The Morgan fingerprint density at radius 3 is 2.11 bits per heavy atom. The first kappa shape index (κ1) is 25.5. The van der Waals surface area contributed by atoms with Gasteiger partial charge in [-0.25, -0.2) is 9.18 Å². The highest BCUT2D eigenvalue weighted by molar-refractivity contribution is 5.76. The van der Waals surface area contributed by atoms with E-state index in [1.807, 2.05) is 0 Å². The summed E-state index contributed by atoms with van der Waals surface area (Å²) in [6, 6.07) is 1.86. The van der Waals surface area contributed by atoms with Gasteiger partial charge < -0.3 is 14.9 Å². The number of halogens is 7. The zero-order valence-electron chi connectivity index (χ0n) is 18.5. The highest BCUT2D eigenvalue weighted by atomic mass is 19.4. The Kier molecular flexibility index (Phi) is 6.43. The highest BCUT2D eigenvalue weighted by Gasteiger charge is 2.73. The van der Waals surface area contributed by atoms with Crippen molar-refractivity contribution >= 4 is 12.0 Å². The molecule has 1 aromatic carbocycles. The molecular weight excluding hydrogens is 487 g/mol. The molecule has 4 rings (SSSR count). The van der Waals surface area contributed by atoms with E-state index in [-0.39, 0.29) is 36.5 Å². The molecule has 1 N–H and O–H groups in total. The third kappa shape index (κ3) is 4.43. The Labute approximate surface area is 196 Å². The third-order valence-electron chi connectivity index (χ3n) is 7.22. The first-order chi connectivity index (χ1) is 16.2. The van der Waals surface area contributed by atoms with E-state index in [0.717, 1.165) is 6.07 Å². The Hall–Kier alpha value is -2.57. The lowest BCUT2D eigenvalue weighted by molar-refractivity contribution is -0.348. The van der Waals surface area contributed by atoms with Crippen molar-refractivity contribution in [2.24, 2.45) is 0 Å². The molecule has 0 radical (unpaired) electrons. The largest absolute Gasteiger partial charge is 0.480 e. The number of fused-ring (bicyclic) bond motifs is 3. The number of likely N-dealkylation sites (tertiary alicyclic amines) is 1. The number of rotatable bonds is 3. The van der Waals surface area contributed by atoms with Crippen LogP contribution in [-0.4, -0.2) is 89.5 Å². The predicted molar refractivity (Wildman–Crippen MR) is 109 cm³/mol. The van der Waals surface area contributed by atoms with Crippen LogP contribution in [0.15, 0.2) is 18.2 Å². The number of aryl methyl sites for hydroxylation is 1. The monoisotopic (exact) mass is 511 g/mol. The van der Waals surface area contributed by atoms with Crippen molar-refractivity contribution in [3.05, 3.63) is 34.9 Å². The summed E-state index contributed by atoms with van der Waals surface area (Å²) in [5, 5.41) is 8.90. The van der Waals surface area contributed by atoms with Crippen LogP contribution >= 0.6 is 0 Å². The molecule has 6 nitrogen and oxygen atoms in total. The number of nitrogens with zero attached hydrogens (tertiary/aromatic N) is 3. The maximum Gasteiger partial charge on any atom is 0.435 e. The van der Waals surface area contributed by atoms with Crippen molar-refractivity contribution in [2.75, 3.05) is 39.3 Å². The molecule has 13 heteroatoms. The molecule has 0 spiro atoms. The second-order valence-electron chi connectivity index (χ2n) is 9.20. The van der Waals surface area contributed by atoms with E-state index in [1.54, 1.807) is 14.7 Å². The molecule has 2 heterocycles. The van der Waals surface area contributed by atoms with E-state index in [0.29, 0.717) is 63.3 Å². The van der Waals surface area contributed by atoms with Crippen molar-refractivity contribution in [3.8, 4) is 0 Å². The van der Waals surface area contributed by atoms with Gasteiger partial charge >= 0.3 is 30.0 Å². The van der Waals surface area contributed by atoms with Crippen LogP contribution in [0.4, 0.5) is 35.5 Å². The fourth-order valence-corrected chi connectivity index (χ4v) is 5.47. The molecular formula is C22H24F7N3O3. The van der Waals surface area contributed by atoms with Gasteiger partial charge in [0.2, 0.25) is 0 Å². The van der Waals surface area contributed by atoms with E-state index in [9.17, 15) is 40.3 Å². The number of amides is 2. The number of urea groups is 1. The van der Waals surface area contributed by atoms with Crippen LogP contribution in [0.5, 0.6) is 0 Å². The van der Waals surface area contributed by atoms with Crippen LogP contribution in [0.1, 0.15) is 35.4 Å². The first-order valence-electron chi connectivity index (χ1n) is 11.2. The summed E-state index contributed by atoms with van der Waals surface area (Å²) in [6.07, 6.45) is -11.4. The summed E-state index contributed by atoms with van der Waals surface area (Å²) in [7, 11) is 0. The van der Waals surface area contributed by atoms with Crippen LogP contribution in [0.25, 0.3) is 0 Å². The molecule has 35 heavy (non-hydrogen) atoms. The quantitative estimate of drug-likeness (QED) is 0.626. The van der Waals surface area contributed by atoms with Gasteiger partial charge in [-0.1, -0.05) is 18.2 Å². The average Bonchev–Trinajstić information content (AvgIpc) is 3.20. The maximum absolute atomic E-state index is 14.5. The van der Waals surface area contributed by atoms with Gasteiger partial charge in [0.05, 0.1) is 6.54 Å². The van der Waals surface area contributed by atoms with Crippen LogP contribution < -0.4 is 0 Å². The molecule has 2 unspecified atom stereocenters. The van der Waals surface area contributed by atoms with E-state index < -0.39 is 29.6 Å². The van der Waals surface area contributed by atoms with Crippen LogP contribution in [0.2, 0.25) is 0 Å². The number of benzene rings is 1. The van der Waals surface area contributed by atoms with Crippen molar-refractivity contribution in [1.29, 1.82) is 0 Å². The second kappa shape index (κ2) is 8.82. The minimum absolute atomic E-state index is 0.113. The van der Waals surface area contributed by atoms with Gasteiger partial charge in [-0.05, 0) is 30.4 Å². The number of carbonyl (C=O) groups is 2. The smallest absolute Gasteiger partial charge is 0.435 e. The molecule has 2 fully saturated rings. The van der Waals surface area contributed by atoms with Crippen LogP contribution in [0, 0.1) is 0 Å². The second-order valence-corrected chi connectivity index (χ2v) is 9.20. The van der Waals surface area contributed by atoms with Gasteiger partial charge in [0.1, 0.15) is 0 Å². The SMILES string of the molecule is O=C(O)CN1CCN(C(=O)N2CCC3c4ccc(C(F)(C(F)(F)F)C(F)(F)F)cc4CCC32)CC1. The Morgan fingerprint density at radius 1 is 0.914 bits per heavy atom. The molecule has 1 aromatic rings. The van der Waals surface area contributed by atoms with Crippen LogP contribution in [-0.2, 0) is 16.9 Å². The molecule has 0 aromatic heterocycles. The minimum Gasteiger partial charge on any atom is -0.480 e. The summed E-state index contributed by atoms with van der Waals surface area (Å²) in [5.74, 6) is -1.22. The summed E-state index contributed by atoms with van der Waals surface area (Å²) in [6.45, 7) is 1.80. The van der Waals surface area contributed by atoms with Crippen molar-refractivity contribution in [1.82, 2.24) is 14.7 Å². The van der Waals surface area contributed by atoms with Crippen molar-refractivity contribution < 1.29 is 45.4 Å². The van der Waals surface area contributed by atoms with E-state index >= 15 is 0 Å². The average molecular weight is 511 g/mol. The number of aliphatic carboxylic acids is 1. The number of carboxylic acids is 1. The lowest BCUT2D eigenvalue weighted by Gasteiger charge is -2.39. The lowest BCUT2D eigenvalue weighted by atomic mass is 9.77. The van der Waals surface area contributed by atoms with Crippen LogP contribution in [0.3, 0.4) is 0 Å². The third-order valence-corrected chi connectivity index (χ3v) is 7.22. The molecule has 194 valence electrons. The lowest BCUT2D eigenvalue weighted by Crippen LogP contribution is -2.54. The number of carbonyl (C=O) groups excluding carboxylic acids is 1. The Bertz CT molecular complexity index is 975.